The number of benzene rings is 2. The third-order valence-corrected chi connectivity index (χ3v) is 10.1. The molecule has 1 aliphatic rings. The van der Waals surface area contributed by atoms with Crippen LogP contribution in [0.5, 0.6) is 17.4 Å². The second-order valence-corrected chi connectivity index (χ2v) is 15.0. The number of ether oxygens (including phenoxy) is 2. The van der Waals surface area contributed by atoms with E-state index in [4.69, 9.17) is 92.9 Å². The predicted molar refractivity (Wildman–Crippen MR) is 176 cm³/mol. The highest BCUT2D eigenvalue weighted by molar-refractivity contribution is 8.07. The number of halogens is 5. The van der Waals surface area contributed by atoms with Crippen molar-refractivity contribution in [3.8, 4) is 23.4 Å². The SMILES string of the molecule is CC1(C)C(C=C(Cl)Cl)C1C(=O)O[C@H](C#N)c1cccc(Oc2ccccc2)c1.COP(=S)(OC)Oc1nc(Cl)c(Cl)cc1Cl. The molecule has 1 aromatic heterocycles. The molecule has 1 heterocycles. The number of nitrogens with zero attached hydrogens (tertiary/aromatic N) is 2. The molecule has 1 saturated carbocycles. The Balaban J connectivity index is 0.000000281. The van der Waals surface area contributed by atoms with Crippen LogP contribution in [0.3, 0.4) is 0 Å². The van der Waals surface area contributed by atoms with E-state index in [0.29, 0.717) is 17.1 Å². The Morgan fingerprint density at radius 2 is 1.66 bits per heavy atom. The van der Waals surface area contributed by atoms with Gasteiger partial charge in [-0.2, -0.15) is 10.2 Å². The largest absolute Gasteiger partial charge is 0.457 e. The van der Waals surface area contributed by atoms with Gasteiger partial charge < -0.3 is 23.0 Å². The molecule has 2 aromatic carbocycles. The molecule has 234 valence electrons. The normalized spacial score (nSPS) is 17.2. The Kier molecular flexibility index (Phi) is 13.2. The Morgan fingerprint density at radius 3 is 2.25 bits per heavy atom. The van der Waals surface area contributed by atoms with Gasteiger partial charge in [-0.3, -0.25) is 4.79 Å². The van der Waals surface area contributed by atoms with E-state index in [1.165, 1.54) is 20.3 Å². The van der Waals surface area contributed by atoms with E-state index in [1.807, 2.05) is 50.2 Å². The van der Waals surface area contributed by atoms with Crippen molar-refractivity contribution in [2.75, 3.05) is 14.2 Å². The molecule has 4 rings (SSSR count). The lowest BCUT2D eigenvalue weighted by Gasteiger charge is -2.18. The summed E-state index contributed by atoms with van der Waals surface area (Å²) in [5.74, 6) is 0.320. The van der Waals surface area contributed by atoms with Gasteiger partial charge in [0, 0.05) is 31.6 Å². The fourth-order valence-corrected chi connectivity index (χ4v) is 5.76. The van der Waals surface area contributed by atoms with Crippen LogP contribution in [0.25, 0.3) is 0 Å². The highest BCUT2D eigenvalue weighted by atomic mass is 35.5. The molecule has 0 saturated heterocycles. The van der Waals surface area contributed by atoms with Crippen molar-refractivity contribution in [1.29, 1.82) is 5.26 Å². The first-order valence-corrected chi connectivity index (χ1v) is 17.1. The zero-order valence-electron chi connectivity index (χ0n) is 23.7. The maximum Gasteiger partial charge on any atom is 0.381 e. The summed E-state index contributed by atoms with van der Waals surface area (Å²) in [5, 5.41) is 10.00. The lowest BCUT2D eigenvalue weighted by atomic mass is 10.1. The average molecular weight is 739 g/mol. The van der Waals surface area contributed by atoms with Gasteiger partial charge in [-0.25, -0.2) is 0 Å². The van der Waals surface area contributed by atoms with Crippen LogP contribution in [0.2, 0.25) is 15.2 Å². The lowest BCUT2D eigenvalue weighted by molar-refractivity contribution is -0.149. The van der Waals surface area contributed by atoms with Gasteiger partial charge in [0.15, 0.2) is 5.15 Å². The van der Waals surface area contributed by atoms with Crippen LogP contribution in [-0.2, 0) is 30.4 Å². The Bertz CT molecular complexity index is 1590. The van der Waals surface area contributed by atoms with Crippen LogP contribution >= 0.6 is 64.7 Å². The van der Waals surface area contributed by atoms with E-state index in [2.05, 4.69) is 4.98 Å². The van der Waals surface area contributed by atoms with Crippen LogP contribution in [0.4, 0.5) is 0 Å². The van der Waals surface area contributed by atoms with E-state index < -0.39 is 18.8 Å². The molecule has 1 fully saturated rings. The number of pyridine rings is 1. The van der Waals surface area contributed by atoms with Crippen molar-refractivity contribution in [2.24, 2.45) is 17.3 Å². The maximum atomic E-state index is 12.6. The van der Waals surface area contributed by atoms with E-state index in [0.717, 1.165) is 0 Å². The second-order valence-electron chi connectivity index (χ2n) is 9.67. The summed E-state index contributed by atoms with van der Waals surface area (Å²) in [4.78, 5) is 16.4. The quantitative estimate of drug-likeness (QED) is 0.114. The van der Waals surface area contributed by atoms with E-state index in [1.54, 1.807) is 30.3 Å². The second kappa shape index (κ2) is 16.0. The molecule has 0 amide bonds. The predicted octanol–water partition coefficient (Wildman–Crippen LogP) is 10.1. The monoisotopic (exact) mass is 736 g/mol. The molecule has 3 atom stereocenters. The molecule has 3 aromatic rings. The molecular formula is C29H26Cl5N2O6PS. The Labute approximate surface area is 285 Å². The number of nitriles is 1. The van der Waals surface area contributed by atoms with Crippen molar-refractivity contribution in [3.05, 3.63) is 92.0 Å². The average Bonchev–Trinajstić information content (AvgIpc) is 3.53. The summed E-state index contributed by atoms with van der Waals surface area (Å²) < 4.78 is 26.5. The van der Waals surface area contributed by atoms with Gasteiger partial charge in [0.05, 0.1) is 10.9 Å². The van der Waals surface area contributed by atoms with Gasteiger partial charge >= 0.3 is 12.7 Å². The summed E-state index contributed by atoms with van der Waals surface area (Å²) >= 11 is 33.7. The smallest absolute Gasteiger partial charge is 0.381 e. The molecule has 0 radical (unpaired) electrons. The Morgan fingerprint density at radius 1 is 1.02 bits per heavy atom. The van der Waals surface area contributed by atoms with Crippen LogP contribution in [0.15, 0.2) is 71.2 Å². The molecule has 0 N–H and O–H groups in total. The van der Waals surface area contributed by atoms with Crippen LogP contribution in [0.1, 0.15) is 25.5 Å². The van der Waals surface area contributed by atoms with Gasteiger partial charge in [-0.15, -0.1) is 0 Å². The number of allylic oxidation sites excluding steroid dienone is 1. The molecule has 15 heteroatoms. The standard InChI is InChI=1S/C22H19Cl2NO3.C7H7Cl3NO3PS/c1-22(2)17(12-19(23)24)20(22)21(26)28-18(13-25)14-7-6-10-16(11-14)27-15-8-4-3-5-9-15;1-12-15(16,13-2)14-7-5(9)3-4(8)6(10)11-7/h3-12,17-18,20H,1-2H3;3H,1-2H3/t17?,18-,20?;/m1./s1. The number of hydrogen-bond acceptors (Lipinski definition) is 9. The Hall–Kier alpha value is -2.09. The minimum atomic E-state index is -2.88. The fraction of sp³-hybridized carbons (Fsp3) is 0.276. The molecule has 0 aliphatic heterocycles. The highest BCUT2D eigenvalue weighted by Gasteiger charge is 2.62. The fourth-order valence-electron chi connectivity index (χ4n) is 4.05. The van der Waals surface area contributed by atoms with Gasteiger partial charge in [-0.1, -0.05) is 102 Å². The van der Waals surface area contributed by atoms with Crippen LogP contribution < -0.4 is 9.26 Å². The minimum absolute atomic E-state index is 0.0306. The molecule has 0 spiro atoms. The van der Waals surface area contributed by atoms with Gasteiger partial charge in [0.25, 0.3) is 0 Å². The van der Waals surface area contributed by atoms with E-state index in [9.17, 15) is 10.1 Å². The highest BCUT2D eigenvalue weighted by Crippen LogP contribution is 2.60. The molecular weight excluding hydrogens is 713 g/mol. The third kappa shape index (κ3) is 9.70. The summed E-state index contributed by atoms with van der Waals surface area (Å²) in [6.07, 6.45) is 0.615. The van der Waals surface area contributed by atoms with Crippen molar-refractivity contribution in [3.63, 3.8) is 0 Å². The summed E-state index contributed by atoms with van der Waals surface area (Å²) in [7, 11) is 2.74. The number of rotatable bonds is 10. The van der Waals surface area contributed by atoms with Crippen LogP contribution in [0, 0.1) is 28.6 Å². The number of hydrogen-bond donors (Lipinski definition) is 0. The zero-order chi connectivity index (χ0) is 32.7. The van der Waals surface area contributed by atoms with Gasteiger partial charge in [-0.05, 0) is 47.7 Å². The number of para-hydroxylation sites is 1. The molecule has 0 bridgehead atoms. The summed E-state index contributed by atoms with van der Waals surface area (Å²) in [5.41, 5.74) is 0.231. The first kappa shape index (κ1) is 36.4. The van der Waals surface area contributed by atoms with E-state index in [-0.39, 0.29) is 42.8 Å². The lowest BCUT2D eigenvalue weighted by Crippen LogP contribution is -2.14. The first-order chi connectivity index (χ1) is 20.7. The molecule has 44 heavy (non-hydrogen) atoms. The van der Waals surface area contributed by atoms with Crippen molar-refractivity contribution < 1.29 is 27.8 Å². The summed E-state index contributed by atoms with van der Waals surface area (Å²) in [6, 6.07) is 19.7. The van der Waals surface area contributed by atoms with Crippen molar-refractivity contribution in [1.82, 2.24) is 4.98 Å². The minimum Gasteiger partial charge on any atom is -0.457 e. The number of carbonyl (C=O) groups is 1. The molecule has 8 nitrogen and oxygen atoms in total. The number of aromatic nitrogens is 1. The van der Waals surface area contributed by atoms with Gasteiger partial charge in [0.1, 0.15) is 27.1 Å². The van der Waals surface area contributed by atoms with Crippen molar-refractivity contribution in [2.45, 2.75) is 20.0 Å². The summed E-state index contributed by atoms with van der Waals surface area (Å²) in [6.45, 7) is 0.994. The maximum absolute atomic E-state index is 12.6. The molecule has 2 unspecified atom stereocenters. The zero-order valence-corrected chi connectivity index (χ0v) is 29.2. The van der Waals surface area contributed by atoms with Crippen LogP contribution in [-0.4, -0.2) is 25.2 Å². The topological polar surface area (TPSA) is 99.9 Å². The number of carbonyl (C=O) groups excluding carboxylic acids is 1. The van der Waals surface area contributed by atoms with Crippen molar-refractivity contribution >= 4 is 82.5 Å². The number of esters is 1. The third-order valence-electron chi connectivity index (χ3n) is 6.46. The van der Waals surface area contributed by atoms with Gasteiger partial charge in [0.2, 0.25) is 12.0 Å². The molecule has 1 aliphatic carbocycles. The first-order valence-electron chi connectivity index (χ1n) is 12.6. The van der Waals surface area contributed by atoms with E-state index >= 15 is 0 Å².